The highest BCUT2D eigenvalue weighted by Crippen LogP contribution is 2.18. The topological polar surface area (TPSA) is 56.0 Å². The Hall–Kier alpha value is -1.53. The van der Waals surface area contributed by atoms with Crippen molar-refractivity contribution in [1.29, 1.82) is 5.26 Å². The maximum Gasteiger partial charge on any atom is 0.101 e. The molecule has 3 heteroatoms. The minimum atomic E-state index is 0.221. The first-order valence-electron chi connectivity index (χ1n) is 6.06. The molecule has 0 fully saturated rings. The van der Waals surface area contributed by atoms with E-state index in [1.165, 1.54) is 0 Å². The van der Waals surface area contributed by atoms with Crippen LogP contribution in [0.4, 0.5) is 5.69 Å². The number of benzene rings is 1. The van der Waals surface area contributed by atoms with Crippen LogP contribution in [0.2, 0.25) is 0 Å². The summed E-state index contributed by atoms with van der Waals surface area (Å²) in [6, 6.07) is 8.02. The van der Waals surface area contributed by atoms with Crippen LogP contribution in [-0.4, -0.2) is 18.3 Å². The monoisotopic (exact) mass is 232 g/mol. The number of anilines is 1. The third-order valence-corrected chi connectivity index (χ3v) is 2.99. The molecular weight excluding hydrogens is 212 g/mol. The highest BCUT2D eigenvalue weighted by atomic mass is 16.3. The van der Waals surface area contributed by atoms with Gasteiger partial charge in [-0.2, -0.15) is 5.26 Å². The molecule has 0 aliphatic carbocycles. The lowest BCUT2D eigenvalue weighted by atomic mass is 10.0. The maximum atomic E-state index is 9.04. The van der Waals surface area contributed by atoms with E-state index in [0.717, 1.165) is 30.6 Å². The molecule has 1 atom stereocenters. The quantitative estimate of drug-likeness (QED) is 0.792. The second-order valence-corrected chi connectivity index (χ2v) is 4.33. The number of aliphatic hydroxyl groups excluding tert-OH is 1. The van der Waals surface area contributed by atoms with Gasteiger partial charge in [-0.1, -0.05) is 19.4 Å². The second-order valence-electron chi connectivity index (χ2n) is 4.33. The van der Waals surface area contributed by atoms with Crippen molar-refractivity contribution in [3.05, 3.63) is 29.3 Å². The van der Waals surface area contributed by atoms with E-state index >= 15 is 0 Å². The van der Waals surface area contributed by atoms with Gasteiger partial charge in [-0.05, 0) is 37.0 Å². The number of nitriles is 1. The van der Waals surface area contributed by atoms with Gasteiger partial charge in [-0.15, -0.1) is 0 Å². The summed E-state index contributed by atoms with van der Waals surface area (Å²) in [6.45, 7) is 5.11. The maximum absolute atomic E-state index is 9.04. The molecule has 0 saturated heterocycles. The lowest BCUT2D eigenvalue weighted by Crippen LogP contribution is -2.15. The predicted octanol–water partition coefficient (Wildman–Crippen LogP) is 2.69. The number of hydrogen-bond acceptors (Lipinski definition) is 3. The first-order chi connectivity index (χ1) is 8.21. The Bertz CT molecular complexity index is 396. The van der Waals surface area contributed by atoms with Crippen molar-refractivity contribution in [3.63, 3.8) is 0 Å². The van der Waals surface area contributed by atoms with Gasteiger partial charge in [0, 0.05) is 13.2 Å². The van der Waals surface area contributed by atoms with Crippen LogP contribution >= 0.6 is 0 Å². The van der Waals surface area contributed by atoms with Gasteiger partial charge in [0.05, 0.1) is 11.3 Å². The van der Waals surface area contributed by atoms with Crippen molar-refractivity contribution >= 4 is 5.69 Å². The number of hydrogen-bond donors (Lipinski definition) is 2. The van der Waals surface area contributed by atoms with Gasteiger partial charge in [0.15, 0.2) is 0 Å². The van der Waals surface area contributed by atoms with E-state index in [1.54, 1.807) is 0 Å². The average Bonchev–Trinajstić information content (AvgIpc) is 2.35. The standard InChI is InChI=1S/C14H20N2O/c1-3-12(6-7-17)10-16-14-5-4-11(2)8-13(14)9-15/h4-5,8,12,16-17H,3,6-7,10H2,1-2H3. The summed E-state index contributed by atoms with van der Waals surface area (Å²) in [5.41, 5.74) is 2.66. The van der Waals surface area contributed by atoms with Crippen molar-refractivity contribution < 1.29 is 5.11 Å². The van der Waals surface area contributed by atoms with Crippen LogP contribution in [-0.2, 0) is 0 Å². The molecule has 1 aromatic rings. The first kappa shape index (κ1) is 13.5. The zero-order valence-electron chi connectivity index (χ0n) is 10.5. The minimum absolute atomic E-state index is 0.221. The van der Waals surface area contributed by atoms with Crippen molar-refractivity contribution in [2.75, 3.05) is 18.5 Å². The van der Waals surface area contributed by atoms with Gasteiger partial charge >= 0.3 is 0 Å². The fourth-order valence-electron chi connectivity index (χ4n) is 1.79. The summed E-state index contributed by atoms with van der Waals surface area (Å²) in [6.07, 6.45) is 1.83. The lowest BCUT2D eigenvalue weighted by molar-refractivity contribution is 0.258. The molecule has 92 valence electrons. The molecule has 0 aromatic heterocycles. The molecule has 1 aromatic carbocycles. The third-order valence-electron chi connectivity index (χ3n) is 2.99. The molecule has 0 aliphatic heterocycles. The predicted molar refractivity (Wildman–Crippen MR) is 69.9 cm³/mol. The van der Waals surface area contributed by atoms with Crippen LogP contribution in [0.15, 0.2) is 18.2 Å². The minimum Gasteiger partial charge on any atom is -0.396 e. The zero-order valence-corrected chi connectivity index (χ0v) is 10.5. The van der Waals surface area contributed by atoms with Crippen LogP contribution in [0.5, 0.6) is 0 Å². The van der Waals surface area contributed by atoms with Gasteiger partial charge in [-0.25, -0.2) is 0 Å². The van der Waals surface area contributed by atoms with Crippen LogP contribution in [0.1, 0.15) is 30.9 Å². The molecule has 1 rings (SSSR count). The molecule has 0 heterocycles. The van der Waals surface area contributed by atoms with Crippen molar-refractivity contribution in [2.45, 2.75) is 26.7 Å². The van der Waals surface area contributed by atoms with E-state index < -0.39 is 0 Å². The molecule has 0 spiro atoms. The fraction of sp³-hybridized carbons (Fsp3) is 0.500. The fourth-order valence-corrected chi connectivity index (χ4v) is 1.79. The Morgan fingerprint density at radius 3 is 2.82 bits per heavy atom. The van der Waals surface area contributed by atoms with Crippen LogP contribution in [0, 0.1) is 24.2 Å². The summed E-state index contributed by atoms with van der Waals surface area (Å²) in [5.74, 6) is 0.452. The van der Waals surface area contributed by atoms with E-state index in [4.69, 9.17) is 10.4 Å². The molecule has 0 amide bonds. The Balaban J connectivity index is 2.65. The van der Waals surface area contributed by atoms with Gasteiger partial charge in [0.2, 0.25) is 0 Å². The summed E-state index contributed by atoms with van der Waals surface area (Å²) in [4.78, 5) is 0. The Labute approximate surface area is 103 Å². The van der Waals surface area contributed by atoms with E-state index in [0.29, 0.717) is 11.5 Å². The Morgan fingerprint density at radius 1 is 1.47 bits per heavy atom. The molecule has 0 radical (unpaired) electrons. The largest absolute Gasteiger partial charge is 0.396 e. The van der Waals surface area contributed by atoms with Crippen molar-refractivity contribution in [3.8, 4) is 6.07 Å². The van der Waals surface area contributed by atoms with Crippen LogP contribution in [0.25, 0.3) is 0 Å². The molecule has 0 aliphatic rings. The average molecular weight is 232 g/mol. The molecular formula is C14H20N2O. The van der Waals surface area contributed by atoms with Crippen LogP contribution in [0.3, 0.4) is 0 Å². The Morgan fingerprint density at radius 2 is 2.24 bits per heavy atom. The molecule has 0 saturated carbocycles. The van der Waals surface area contributed by atoms with Crippen molar-refractivity contribution in [1.82, 2.24) is 0 Å². The first-order valence-corrected chi connectivity index (χ1v) is 6.06. The number of nitrogens with one attached hydrogen (secondary N) is 1. The summed E-state index contributed by atoms with van der Waals surface area (Å²) < 4.78 is 0. The molecule has 1 unspecified atom stereocenters. The summed E-state index contributed by atoms with van der Waals surface area (Å²) >= 11 is 0. The van der Waals surface area contributed by atoms with Gasteiger partial charge in [-0.3, -0.25) is 0 Å². The number of nitrogens with zero attached hydrogens (tertiary/aromatic N) is 1. The molecule has 0 bridgehead atoms. The smallest absolute Gasteiger partial charge is 0.101 e. The van der Waals surface area contributed by atoms with Crippen molar-refractivity contribution in [2.24, 2.45) is 5.92 Å². The van der Waals surface area contributed by atoms with Gasteiger partial charge in [0.25, 0.3) is 0 Å². The van der Waals surface area contributed by atoms with Gasteiger partial charge in [0.1, 0.15) is 6.07 Å². The van der Waals surface area contributed by atoms with Crippen LogP contribution < -0.4 is 5.32 Å². The zero-order chi connectivity index (χ0) is 12.7. The van der Waals surface area contributed by atoms with E-state index in [2.05, 4.69) is 18.3 Å². The molecule has 17 heavy (non-hydrogen) atoms. The lowest BCUT2D eigenvalue weighted by Gasteiger charge is -2.16. The van der Waals surface area contributed by atoms with Gasteiger partial charge < -0.3 is 10.4 Å². The van der Waals surface area contributed by atoms with E-state index in [1.807, 2.05) is 25.1 Å². The number of rotatable bonds is 6. The van der Waals surface area contributed by atoms with E-state index in [9.17, 15) is 0 Å². The second kappa shape index (κ2) is 6.93. The molecule has 2 N–H and O–H groups in total. The highest BCUT2D eigenvalue weighted by molar-refractivity contribution is 5.58. The SMILES string of the molecule is CCC(CCO)CNc1ccc(C)cc1C#N. The normalized spacial score (nSPS) is 11.9. The molecule has 3 nitrogen and oxygen atoms in total. The van der Waals surface area contributed by atoms with E-state index in [-0.39, 0.29) is 6.61 Å². The summed E-state index contributed by atoms with van der Waals surface area (Å²) in [5, 5.41) is 21.3. The Kier molecular flexibility index (Phi) is 5.51. The third kappa shape index (κ3) is 4.08. The number of aryl methyl sites for hydroxylation is 1. The number of aliphatic hydroxyl groups is 1. The highest BCUT2D eigenvalue weighted by Gasteiger charge is 2.07. The summed E-state index contributed by atoms with van der Waals surface area (Å²) in [7, 11) is 0.